The standard InChI is InChI=1S/C13H9ClF4N2O2/c1-2-22-12(21)8-6-19-20(11(8)13(16,17)18)10-4-3-7(15)5-9(10)14/h3-6H,2H2,1H3. The lowest BCUT2D eigenvalue weighted by Gasteiger charge is -2.13. The number of nitrogens with zero attached hydrogens (tertiary/aromatic N) is 2. The molecule has 4 nitrogen and oxygen atoms in total. The van der Waals surface area contributed by atoms with Crippen molar-refractivity contribution in [1.82, 2.24) is 9.78 Å². The van der Waals surface area contributed by atoms with E-state index in [1.54, 1.807) is 0 Å². The fourth-order valence-corrected chi connectivity index (χ4v) is 2.06. The molecule has 0 aliphatic carbocycles. The molecular weight excluding hydrogens is 328 g/mol. The summed E-state index contributed by atoms with van der Waals surface area (Å²) in [5.41, 5.74) is -2.28. The summed E-state index contributed by atoms with van der Waals surface area (Å²) in [6, 6.07) is 2.82. The van der Waals surface area contributed by atoms with Crippen molar-refractivity contribution >= 4 is 17.6 Å². The van der Waals surface area contributed by atoms with Crippen LogP contribution in [0.1, 0.15) is 23.0 Å². The Labute approximate surface area is 127 Å². The van der Waals surface area contributed by atoms with Gasteiger partial charge in [0.05, 0.1) is 23.5 Å². The molecule has 0 aliphatic heterocycles. The summed E-state index contributed by atoms with van der Waals surface area (Å²) >= 11 is 5.75. The van der Waals surface area contributed by atoms with E-state index in [0.717, 1.165) is 24.4 Å². The van der Waals surface area contributed by atoms with E-state index >= 15 is 0 Å². The number of hydrogen-bond acceptors (Lipinski definition) is 3. The average molecular weight is 337 g/mol. The lowest BCUT2D eigenvalue weighted by atomic mass is 10.2. The number of benzene rings is 1. The predicted octanol–water partition coefficient (Wildman–Crippen LogP) is 3.86. The Morgan fingerprint density at radius 2 is 2.09 bits per heavy atom. The van der Waals surface area contributed by atoms with E-state index < -0.39 is 29.2 Å². The Bertz CT molecular complexity index is 713. The number of ether oxygens (including phenoxy) is 1. The minimum atomic E-state index is -4.88. The Morgan fingerprint density at radius 3 is 2.64 bits per heavy atom. The Morgan fingerprint density at radius 1 is 1.41 bits per heavy atom. The minimum Gasteiger partial charge on any atom is -0.462 e. The first-order valence-electron chi connectivity index (χ1n) is 6.03. The third kappa shape index (κ3) is 3.06. The summed E-state index contributed by atoms with van der Waals surface area (Å²) in [6.45, 7) is 1.38. The lowest BCUT2D eigenvalue weighted by molar-refractivity contribution is -0.143. The molecule has 0 radical (unpaired) electrons. The summed E-state index contributed by atoms with van der Waals surface area (Å²) in [7, 11) is 0. The molecule has 0 atom stereocenters. The number of aromatic nitrogens is 2. The van der Waals surface area contributed by atoms with Crippen molar-refractivity contribution in [3.05, 3.63) is 46.5 Å². The molecule has 0 unspecified atom stereocenters. The number of carbonyl (C=O) groups is 1. The van der Waals surface area contributed by atoms with Gasteiger partial charge in [-0.05, 0) is 25.1 Å². The summed E-state index contributed by atoms with van der Waals surface area (Å²) in [5, 5.41) is 3.26. The van der Waals surface area contributed by atoms with Gasteiger partial charge in [-0.2, -0.15) is 18.3 Å². The second kappa shape index (κ2) is 5.96. The largest absolute Gasteiger partial charge is 0.462 e. The van der Waals surface area contributed by atoms with E-state index in [4.69, 9.17) is 11.6 Å². The van der Waals surface area contributed by atoms with Gasteiger partial charge in [0.2, 0.25) is 0 Å². The van der Waals surface area contributed by atoms with E-state index in [2.05, 4.69) is 9.84 Å². The molecule has 118 valence electrons. The molecule has 0 aliphatic rings. The zero-order valence-electron chi connectivity index (χ0n) is 11.1. The topological polar surface area (TPSA) is 44.1 Å². The Hall–Kier alpha value is -2.09. The molecular formula is C13H9ClF4N2O2. The van der Waals surface area contributed by atoms with Crippen LogP contribution >= 0.6 is 11.6 Å². The van der Waals surface area contributed by atoms with Crippen molar-refractivity contribution in [3.8, 4) is 5.69 Å². The third-order valence-electron chi connectivity index (χ3n) is 2.67. The van der Waals surface area contributed by atoms with Gasteiger partial charge in [0.25, 0.3) is 0 Å². The van der Waals surface area contributed by atoms with Crippen molar-refractivity contribution in [2.45, 2.75) is 13.1 Å². The summed E-state index contributed by atoms with van der Waals surface area (Å²) in [4.78, 5) is 11.6. The first kappa shape index (κ1) is 16.3. The van der Waals surface area contributed by atoms with Crippen LogP contribution in [0.25, 0.3) is 5.69 Å². The maximum Gasteiger partial charge on any atom is 0.434 e. The fraction of sp³-hybridized carbons (Fsp3) is 0.231. The van der Waals surface area contributed by atoms with Crippen LogP contribution in [0.3, 0.4) is 0 Å². The number of alkyl halides is 3. The molecule has 9 heteroatoms. The van der Waals surface area contributed by atoms with Crippen LogP contribution in [0.5, 0.6) is 0 Å². The number of rotatable bonds is 3. The second-order valence-corrected chi connectivity index (χ2v) is 4.54. The number of hydrogen-bond donors (Lipinski definition) is 0. The highest BCUT2D eigenvalue weighted by atomic mass is 35.5. The molecule has 0 bridgehead atoms. The Kier molecular flexibility index (Phi) is 4.41. The first-order valence-corrected chi connectivity index (χ1v) is 6.41. The van der Waals surface area contributed by atoms with Gasteiger partial charge in [-0.15, -0.1) is 0 Å². The van der Waals surface area contributed by atoms with Gasteiger partial charge in [0, 0.05) is 0 Å². The molecule has 0 saturated heterocycles. The highest BCUT2D eigenvalue weighted by Gasteiger charge is 2.41. The zero-order valence-corrected chi connectivity index (χ0v) is 11.9. The van der Waals surface area contributed by atoms with Crippen LogP contribution in [0.2, 0.25) is 5.02 Å². The second-order valence-electron chi connectivity index (χ2n) is 4.13. The lowest BCUT2D eigenvalue weighted by Crippen LogP contribution is -2.18. The quantitative estimate of drug-likeness (QED) is 0.631. The fourth-order valence-electron chi connectivity index (χ4n) is 1.82. The first-order chi connectivity index (χ1) is 10.3. The summed E-state index contributed by atoms with van der Waals surface area (Å²) in [6.07, 6.45) is -4.14. The number of esters is 1. The van der Waals surface area contributed by atoms with Crippen LogP contribution < -0.4 is 0 Å². The van der Waals surface area contributed by atoms with Gasteiger partial charge in [0.1, 0.15) is 11.4 Å². The molecule has 1 aromatic heterocycles. The predicted molar refractivity (Wildman–Crippen MR) is 69.5 cm³/mol. The Balaban J connectivity index is 2.64. The van der Waals surface area contributed by atoms with Crippen LogP contribution in [0.15, 0.2) is 24.4 Å². The van der Waals surface area contributed by atoms with E-state index in [9.17, 15) is 22.4 Å². The smallest absolute Gasteiger partial charge is 0.434 e. The molecule has 2 rings (SSSR count). The van der Waals surface area contributed by atoms with Gasteiger partial charge < -0.3 is 4.74 Å². The van der Waals surface area contributed by atoms with Gasteiger partial charge in [0.15, 0.2) is 5.69 Å². The molecule has 0 amide bonds. The van der Waals surface area contributed by atoms with Crippen LogP contribution in [-0.2, 0) is 10.9 Å². The van der Waals surface area contributed by atoms with Gasteiger partial charge in [-0.3, -0.25) is 0 Å². The molecule has 22 heavy (non-hydrogen) atoms. The van der Waals surface area contributed by atoms with Gasteiger partial charge in [-0.1, -0.05) is 11.6 Å². The van der Waals surface area contributed by atoms with E-state index in [-0.39, 0.29) is 17.3 Å². The van der Waals surface area contributed by atoms with E-state index in [0.29, 0.717) is 4.68 Å². The third-order valence-corrected chi connectivity index (χ3v) is 2.97. The molecule has 0 fully saturated rings. The number of carbonyl (C=O) groups excluding carboxylic acids is 1. The molecule has 0 saturated carbocycles. The van der Waals surface area contributed by atoms with E-state index in [1.807, 2.05) is 0 Å². The highest BCUT2D eigenvalue weighted by Crippen LogP contribution is 2.35. The summed E-state index contributed by atoms with van der Waals surface area (Å²) in [5.74, 6) is -1.86. The monoisotopic (exact) mass is 336 g/mol. The minimum absolute atomic E-state index is 0.0847. The number of halogens is 5. The van der Waals surface area contributed by atoms with Gasteiger partial charge in [-0.25, -0.2) is 13.9 Å². The van der Waals surface area contributed by atoms with Crippen molar-refractivity contribution in [2.75, 3.05) is 6.61 Å². The van der Waals surface area contributed by atoms with Crippen molar-refractivity contribution in [1.29, 1.82) is 0 Å². The normalized spacial score (nSPS) is 11.5. The van der Waals surface area contributed by atoms with Crippen LogP contribution in [0, 0.1) is 5.82 Å². The summed E-state index contributed by atoms with van der Waals surface area (Å²) < 4.78 is 57.8. The van der Waals surface area contributed by atoms with Crippen molar-refractivity contribution < 1.29 is 27.1 Å². The molecule has 0 N–H and O–H groups in total. The molecule has 1 aromatic carbocycles. The SMILES string of the molecule is CCOC(=O)c1cnn(-c2ccc(F)cc2Cl)c1C(F)(F)F. The molecule has 0 spiro atoms. The molecule has 1 heterocycles. The maximum absolute atomic E-state index is 13.3. The van der Waals surface area contributed by atoms with Crippen molar-refractivity contribution in [2.24, 2.45) is 0 Å². The van der Waals surface area contributed by atoms with Crippen LogP contribution in [-0.4, -0.2) is 22.4 Å². The zero-order chi connectivity index (χ0) is 16.5. The highest BCUT2D eigenvalue weighted by molar-refractivity contribution is 6.32. The van der Waals surface area contributed by atoms with E-state index in [1.165, 1.54) is 6.92 Å². The van der Waals surface area contributed by atoms with Gasteiger partial charge >= 0.3 is 12.1 Å². The van der Waals surface area contributed by atoms with Crippen molar-refractivity contribution in [3.63, 3.8) is 0 Å². The average Bonchev–Trinajstić information content (AvgIpc) is 2.83. The maximum atomic E-state index is 13.3. The van der Waals surface area contributed by atoms with Crippen LogP contribution in [0.4, 0.5) is 17.6 Å². The molecule has 2 aromatic rings.